The molecule has 0 bridgehead atoms. The van der Waals surface area contributed by atoms with Crippen LogP contribution in [0.25, 0.3) is 0 Å². The van der Waals surface area contributed by atoms with Gasteiger partial charge in [0.1, 0.15) is 0 Å². The molecular weight excluding hydrogens is 260 g/mol. The third-order valence-corrected chi connectivity index (χ3v) is 4.58. The van der Waals surface area contributed by atoms with Crippen molar-refractivity contribution in [1.82, 2.24) is 4.90 Å². The summed E-state index contributed by atoms with van der Waals surface area (Å²) in [6, 6.07) is 10.8. The maximum atomic E-state index is 9.27. The van der Waals surface area contributed by atoms with Gasteiger partial charge in [-0.15, -0.1) is 22.7 Å². The Morgan fingerprint density at radius 3 is 2.06 bits per heavy atom. The molecule has 2 aromatic heterocycles. The van der Waals surface area contributed by atoms with E-state index in [1.165, 1.54) is 9.75 Å². The zero-order chi connectivity index (χ0) is 12.8. The third kappa shape index (κ3) is 3.42. The maximum absolute atomic E-state index is 9.27. The summed E-state index contributed by atoms with van der Waals surface area (Å²) in [6.45, 7) is 3.80. The van der Waals surface area contributed by atoms with Crippen molar-refractivity contribution in [2.45, 2.75) is 32.5 Å². The fraction of sp³-hybridized carbons (Fsp3) is 0.357. The van der Waals surface area contributed by atoms with E-state index in [0.29, 0.717) is 0 Å². The molecule has 0 amide bonds. The Labute approximate surface area is 116 Å². The smallest absolute Gasteiger partial charge is 0.0981 e. The molecular formula is C14H16N2S2. The number of rotatable bonds is 6. The van der Waals surface area contributed by atoms with E-state index < -0.39 is 0 Å². The lowest BCUT2D eigenvalue weighted by Gasteiger charge is -2.25. The van der Waals surface area contributed by atoms with Crippen LogP contribution >= 0.6 is 22.7 Å². The second-order valence-electron chi connectivity index (χ2n) is 4.12. The van der Waals surface area contributed by atoms with Crippen LogP contribution in [0.5, 0.6) is 0 Å². The van der Waals surface area contributed by atoms with Crippen LogP contribution in [0.2, 0.25) is 0 Å². The Hall–Kier alpha value is -1.15. The zero-order valence-corrected chi connectivity index (χ0v) is 12.0. The average Bonchev–Trinajstić information content (AvgIpc) is 3.03. The Kier molecular flexibility index (Phi) is 4.94. The topological polar surface area (TPSA) is 27.0 Å². The summed E-state index contributed by atoms with van der Waals surface area (Å²) in [5, 5.41) is 13.4. The SMILES string of the molecule is CCC(C#N)N(Cc1cccs1)Cc1cccs1. The molecule has 18 heavy (non-hydrogen) atoms. The molecule has 4 heteroatoms. The van der Waals surface area contributed by atoms with Crippen LogP contribution in [0.1, 0.15) is 23.1 Å². The second-order valence-corrected chi connectivity index (χ2v) is 6.18. The molecule has 0 spiro atoms. The van der Waals surface area contributed by atoms with E-state index in [1.54, 1.807) is 22.7 Å². The van der Waals surface area contributed by atoms with Crippen molar-refractivity contribution in [3.63, 3.8) is 0 Å². The first-order valence-electron chi connectivity index (χ1n) is 6.02. The van der Waals surface area contributed by atoms with E-state index in [-0.39, 0.29) is 6.04 Å². The molecule has 0 N–H and O–H groups in total. The van der Waals surface area contributed by atoms with Crippen molar-refractivity contribution in [3.05, 3.63) is 44.8 Å². The van der Waals surface area contributed by atoms with Gasteiger partial charge in [0, 0.05) is 22.8 Å². The summed E-state index contributed by atoms with van der Waals surface area (Å²) in [6.07, 6.45) is 0.868. The van der Waals surface area contributed by atoms with Crippen LogP contribution in [0, 0.1) is 11.3 Å². The van der Waals surface area contributed by atoms with Crippen molar-refractivity contribution in [2.75, 3.05) is 0 Å². The van der Waals surface area contributed by atoms with Gasteiger partial charge in [-0.2, -0.15) is 5.26 Å². The van der Waals surface area contributed by atoms with E-state index >= 15 is 0 Å². The average molecular weight is 276 g/mol. The molecule has 2 aromatic rings. The first-order chi connectivity index (χ1) is 8.83. The summed E-state index contributed by atoms with van der Waals surface area (Å²) in [5.74, 6) is 0. The molecule has 1 unspecified atom stereocenters. The second kappa shape index (κ2) is 6.69. The Morgan fingerprint density at radius 2 is 1.72 bits per heavy atom. The number of thiophene rings is 2. The number of nitrogens with zero attached hydrogens (tertiary/aromatic N) is 2. The fourth-order valence-corrected chi connectivity index (χ4v) is 3.37. The lowest BCUT2D eigenvalue weighted by Crippen LogP contribution is -2.32. The highest BCUT2D eigenvalue weighted by molar-refractivity contribution is 7.10. The molecule has 0 fully saturated rings. The van der Waals surface area contributed by atoms with E-state index in [2.05, 4.69) is 52.9 Å². The Balaban J connectivity index is 2.09. The van der Waals surface area contributed by atoms with Crippen molar-refractivity contribution in [1.29, 1.82) is 5.26 Å². The van der Waals surface area contributed by atoms with Gasteiger partial charge in [0.15, 0.2) is 0 Å². The highest BCUT2D eigenvalue weighted by atomic mass is 32.1. The molecule has 0 aliphatic rings. The van der Waals surface area contributed by atoms with Gasteiger partial charge in [-0.25, -0.2) is 0 Å². The van der Waals surface area contributed by atoms with Crippen LogP contribution in [0.3, 0.4) is 0 Å². The number of hydrogen-bond donors (Lipinski definition) is 0. The van der Waals surface area contributed by atoms with Gasteiger partial charge in [0.25, 0.3) is 0 Å². The summed E-state index contributed by atoms with van der Waals surface area (Å²) in [7, 11) is 0. The first kappa shape index (κ1) is 13.3. The van der Waals surface area contributed by atoms with Crippen molar-refractivity contribution in [2.24, 2.45) is 0 Å². The first-order valence-corrected chi connectivity index (χ1v) is 7.78. The molecule has 0 radical (unpaired) electrons. The summed E-state index contributed by atoms with van der Waals surface area (Å²) >= 11 is 3.51. The van der Waals surface area contributed by atoms with Crippen molar-refractivity contribution >= 4 is 22.7 Å². The normalized spacial score (nSPS) is 12.5. The maximum Gasteiger partial charge on any atom is 0.0981 e. The Bertz CT molecular complexity index is 446. The zero-order valence-electron chi connectivity index (χ0n) is 10.4. The number of hydrogen-bond acceptors (Lipinski definition) is 4. The highest BCUT2D eigenvalue weighted by Gasteiger charge is 2.17. The van der Waals surface area contributed by atoms with Gasteiger partial charge in [0.2, 0.25) is 0 Å². The molecule has 0 saturated heterocycles. The highest BCUT2D eigenvalue weighted by Crippen LogP contribution is 2.20. The van der Waals surface area contributed by atoms with Gasteiger partial charge < -0.3 is 0 Å². The van der Waals surface area contributed by atoms with Crippen LogP contribution in [-0.4, -0.2) is 10.9 Å². The Morgan fingerprint density at radius 1 is 1.17 bits per heavy atom. The molecule has 1 atom stereocenters. The van der Waals surface area contributed by atoms with Crippen molar-refractivity contribution < 1.29 is 0 Å². The lowest BCUT2D eigenvalue weighted by atomic mass is 10.2. The van der Waals surface area contributed by atoms with Crippen LogP contribution < -0.4 is 0 Å². The van der Waals surface area contributed by atoms with Gasteiger partial charge in [0.05, 0.1) is 12.1 Å². The van der Waals surface area contributed by atoms with Crippen LogP contribution in [0.4, 0.5) is 0 Å². The summed E-state index contributed by atoms with van der Waals surface area (Å²) in [5.41, 5.74) is 0. The van der Waals surface area contributed by atoms with Gasteiger partial charge in [-0.05, 0) is 29.3 Å². The van der Waals surface area contributed by atoms with E-state index in [1.807, 2.05) is 0 Å². The van der Waals surface area contributed by atoms with Crippen LogP contribution in [-0.2, 0) is 13.1 Å². The summed E-state index contributed by atoms with van der Waals surface area (Å²) in [4.78, 5) is 4.90. The molecule has 0 saturated carbocycles. The van der Waals surface area contributed by atoms with E-state index in [0.717, 1.165) is 19.5 Å². The minimum atomic E-state index is -0.00537. The van der Waals surface area contributed by atoms with Gasteiger partial charge in [-0.1, -0.05) is 19.1 Å². The predicted molar refractivity (Wildman–Crippen MR) is 77.6 cm³/mol. The predicted octanol–water partition coefficient (Wildman–Crippen LogP) is 4.11. The standard InChI is InChI=1S/C14H16N2S2/c1-2-12(9-15)16(10-13-5-3-7-17-13)11-14-6-4-8-18-14/h3-8,12H,2,10-11H2,1H3. The quantitative estimate of drug-likeness (QED) is 0.793. The number of nitriles is 1. The van der Waals surface area contributed by atoms with E-state index in [9.17, 15) is 5.26 Å². The molecule has 94 valence electrons. The third-order valence-electron chi connectivity index (χ3n) is 2.85. The molecule has 0 aliphatic heterocycles. The molecule has 2 heterocycles. The van der Waals surface area contributed by atoms with Crippen LogP contribution in [0.15, 0.2) is 35.0 Å². The van der Waals surface area contributed by atoms with Crippen molar-refractivity contribution in [3.8, 4) is 6.07 Å². The molecule has 2 nitrogen and oxygen atoms in total. The molecule has 2 rings (SSSR count). The minimum absolute atomic E-state index is 0.00537. The minimum Gasteiger partial charge on any atom is -0.278 e. The molecule has 0 aliphatic carbocycles. The largest absolute Gasteiger partial charge is 0.278 e. The lowest BCUT2D eigenvalue weighted by molar-refractivity contribution is 0.215. The fourth-order valence-electron chi connectivity index (χ4n) is 1.91. The van der Waals surface area contributed by atoms with E-state index in [4.69, 9.17) is 0 Å². The molecule has 0 aromatic carbocycles. The van der Waals surface area contributed by atoms with Gasteiger partial charge in [-0.3, -0.25) is 4.90 Å². The summed E-state index contributed by atoms with van der Waals surface area (Å²) < 4.78 is 0. The monoisotopic (exact) mass is 276 g/mol. The van der Waals surface area contributed by atoms with Gasteiger partial charge >= 0.3 is 0 Å².